The Balaban J connectivity index is 1.30. The molecule has 6 aliphatic carbocycles. The van der Waals surface area contributed by atoms with E-state index in [1.54, 1.807) is 13.8 Å². The standard InChI is InChI=1S/C43H69NO6/c1-26(2)34-30(45)23-42(27(3)25-44-28-13-11-12-14-28)21-19-39(8)29(35(34)42)15-16-31-40(39,9)20-22-43(49)38(6,7)32(17-18-41(31,43)10)50-33(46)24-37(4,5)36(47)48/h26-29,31-32,44,49H,11-25H2,1-10H3,(H,47,48)/t27-,29?,31?,32+,39-,40-,41-,42?,43+/m1/s1. The van der Waals surface area contributed by atoms with Crippen molar-refractivity contribution in [2.45, 2.75) is 177 Å². The van der Waals surface area contributed by atoms with Gasteiger partial charge in [-0.3, -0.25) is 14.4 Å². The maximum absolute atomic E-state index is 14.1. The van der Waals surface area contributed by atoms with Crippen LogP contribution in [0.1, 0.15) is 159 Å². The van der Waals surface area contributed by atoms with Gasteiger partial charge >= 0.3 is 11.9 Å². The molecule has 5 saturated carbocycles. The van der Waals surface area contributed by atoms with Crippen molar-refractivity contribution >= 4 is 17.7 Å². The van der Waals surface area contributed by atoms with Gasteiger partial charge in [0.1, 0.15) is 6.10 Å². The molecule has 9 atom stereocenters. The molecule has 7 heteroatoms. The van der Waals surface area contributed by atoms with Crippen LogP contribution in [0.5, 0.6) is 0 Å². The highest BCUT2D eigenvalue weighted by molar-refractivity contribution is 6.00. The fraction of sp³-hybridized carbons (Fsp3) is 0.884. The maximum Gasteiger partial charge on any atom is 0.309 e. The fourth-order valence-corrected chi connectivity index (χ4v) is 13.6. The minimum absolute atomic E-state index is 0.0122. The van der Waals surface area contributed by atoms with Crippen molar-refractivity contribution in [3.63, 3.8) is 0 Å². The third-order valence-corrected chi connectivity index (χ3v) is 17.2. The first-order valence-corrected chi connectivity index (χ1v) is 20.3. The van der Waals surface area contributed by atoms with Crippen molar-refractivity contribution < 1.29 is 29.3 Å². The lowest BCUT2D eigenvalue weighted by molar-refractivity contribution is -0.305. The first-order chi connectivity index (χ1) is 23.1. The van der Waals surface area contributed by atoms with Crippen molar-refractivity contribution in [2.75, 3.05) is 6.54 Å². The number of nitrogens with one attached hydrogen (secondary N) is 1. The second kappa shape index (κ2) is 12.4. The number of allylic oxidation sites excluding steroid dienone is 2. The number of carboxylic acids is 1. The zero-order valence-electron chi connectivity index (χ0n) is 33.1. The van der Waals surface area contributed by atoms with Gasteiger partial charge in [-0.2, -0.15) is 0 Å². The summed E-state index contributed by atoms with van der Waals surface area (Å²) in [4.78, 5) is 38.9. The largest absolute Gasteiger partial charge is 0.481 e. The number of rotatable bonds is 9. The van der Waals surface area contributed by atoms with Gasteiger partial charge in [0.05, 0.1) is 17.4 Å². The predicted molar refractivity (Wildman–Crippen MR) is 196 cm³/mol. The van der Waals surface area contributed by atoms with Crippen LogP contribution >= 0.6 is 0 Å². The fourth-order valence-electron chi connectivity index (χ4n) is 13.6. The van der Waals surface area contributed by atoms with E-state index in [0.29, 0.717) is 48.8 Å². The summed E-state index contributed by atoms with van der Waals surface area (Å²) in [6, 6.07) is 0.618. The lowest BCUT2D eigenvalue weighted by atomic mass is 9.31. The van der Waals surface area contributed by atoms with Gasteiger partial charge in [-0.1, -0.05) is 73.8 Å². The van der Waals surface area contributed by atoms with Gasteiger partial charge in [-0.15, -0.1) is 0 Å². The highest BCUT2D eigenvalue weighted by atomic mass is 16.5. The number of ketones is 1. The first kappa shape index (κ1) is 38.0. The number of aliphatic carboxylic acids is 1. The van der Waals surface area contributed by atoms with E-state index in [-0.39, 0.29) is 34.0 Å². The van der Waals surface area contributed by atoms with Gasteiger partial charge in [0.15, 0.2) is 5.78 Å². The van der Waals surface area contributed by atoms with Gasteiger partial charge in [0.2, 0.25) is 0 Å². The average Bonchev–Trinajstić information content (AvgIpc) is 3.65. The van der Waals surface area contributed by atoms with Gasteiger partial charge in [-0.25, -0.2) is 0 Å². The molecule has 0 aliphatic heterocycles. The number of carboxylic acid groups (broad SMARTS) is 1. The van der Waals surface area contributed by atoms with Crippen molar-refractivity contribution in [3.8, 4) is 0 Å². The summed E-state index contributed by atoms with van der Waals surface area (Å²) in [6.07, 6.45) is 12.4. The van der Waals surface area contributed by atoms with Crippen LogP contribution in [0.3, 0.4) is 0 Å². The maximum atomic E-state index is 14.1. The molecule has 0 radical (unpaired) electrons. The van der Waals surface area contributed by atoms with Crippen LogP contribution in [0.25, 0.3) is 0 Å². The molecular weight excluding hydrogens is 626 g/mol. The normalized spacial score (nSPS) is 42.1. The summed E-state index contributed by atoms with van der Waals surface area (Å²) in [5.41, 5.74) is -0.707. The molecule has 0 bridgehead atoms. The first-order valence-electron chi connectivity index (χ1n) is 20.3. The minimum atomic E-state index is -1.21. The molecule has 50 heavy (non-hydrogen) atoms. The molecule has 6 rings (SSSR count). The zero-order chi connectivity index (χ0) is 36.9. The molecule has 282 valence electrons. The monoisotopic (exact) mass is 696 g/mol. The Labute approximate surface area is 302 Å². The van der Waals surface area contributed by atoms with Crippen molar-refractivity contribution in [2.24, 2.45) is 56.2 Å². The van der Waals surface area contributed by atoms with Gasteiger partial charge < -0.3 is 20.3 Å². The minimum Gasteiger partial charge on any atom is -0.481 e. The SMILES string of the molecule is CC(C)C1=C2C3CCC4[C@@](C)(CC[C@]5(O)C(C)(C)[C@@H](OC(=O)CC(C)(C)C(=O)O)CC[C@]45C)[C@]3(C)CCC2([C@H](C)CNC2CCCC2)CC1=O. The second-order valence-corrected chi connectivity index (χ2v) is 20.4. The third-order valence-electron chi connectivity index (χ3n) is 17.2. The summed E-state index contributed by atoms with van der Waals surface area (Å²) in [5.74, 6) is 0.158. The van der Waals surface area contributed by atoms with Crippen molar-refractivity contribution in [1.82, 2.24) is 5.32 Å². The number of ether oxygens (including phenoxy) is 1. The van der Waals surface area contributed by atoms with Gasteiger partial charge in [0.25, 0.3) is 0 Å². The number of carbonyl (C=O) groups excluding carboxylic acids is 2. The van der Waals surface area contributed by atoms with E-state index in [0.717, 1.165) is 50.6 Å². The number of esters is 1. The van der Waals surface area contributed by atoms with E-state index in [1.807, 2.05) is 0 Å². The number of hydrogen-bond donors (Lipinski definition) is 3. The van der Waals surface area contributed by atoms with Crippen LogP contribution in [0.4, 0.5) is 0 Å². The van der Waals surface area contributed by atoms with E-state index >= 15 is 0 Å². The molecular formula is C43H69NO6. The van der Waals surface area contributed by atoms with Crippen LogP contribution in [0.15, 0.2) is 11.1 Å². The summed E-state index contributed by atoms with van der Waals surface area (Å²) >= 11 is 0. The molecule has 0 aromatic carbocycles. The highest BCUT2D eigenvalue weighted by Gasteiger charge is 2.74. The van der Waals surface area contributed by atoms with Crippen LogP contribution in [-0.4, -0.2) is 52.2 Å². The third kappa shape index (κ3) is 5.26. The smallest absolute Gasteiger partial charge is 0.309 e. The summed E-state index contributed by atoms with van der Waals surface area (Å²) in [6.45, 7) is 22.5. The Morgan fingerprint density at radius 3 is 2.14 bits per heavy atom. The number of carbonyl (C=O) groups is 3. The van der Waals surface area contributed by atoms with Crippen LogP contribution < -0.4 is 5.32 Å². The quantitative estimate of drug-likeness (QED) is 0.207. The van der Waals surface area contributed by atoms with Gasteiger partial charge in [0, 0.05) is 28.7 Å². The van der Waals surface area contributed by atoms with E-state index in [2.05, 4.69) is 60.7 Å². The molecule has 0 saturated heterocycles. The Morgan fingerprint density at radius 1 is 0.880 bits per heavy atom. The Hall–Kier alpha value is -1.73. The molecule has 7 nitrogen and oxygen atoms in total. The lowest BCUT2D eigenvalue weighted by Gasteiger charge is -2.74. The summed E-state index contributed by atoms with van der Waals surface area (Å²) < 4.78 is 6.09. The summed E-state index contributed by atoms with van der Waals surface area (Å²) in [5, 5.41) is 26.6. The zero-order valence-corrected chi connectivity index (χ0v) is 33.1. The average molecular weight is 696 g/mol. The number of aliphatic hydroxyl groups is 1. The number of fused-ring (bicyclic) bond motifs is 7. The highest BCUT2D eigenvalue weighted by Crippen LogP contribution is 2.78. The molecule has 0 heterocycles. The molecule has 5 fully saturated rings. The van der Waals surface area contributed by atoms with Crippen molar-refractivity contribution in [3.05, 3.63) is 11.1 Å². The molecule has 0 spiro atoms. The molecule has 0 aromatic heterocycles. The topological polar surface area (TPSA) is 113 Å². The Kier molecular flexibility index (Phi) is 9.44. The summed E-state index contributed by atoms with van der Waals surface area (Å²) in [7, 11) is 0. The van der Waals surface area contributed by atoms with E-state index < -0.39 is 34.5 Å². The van der Waals surface area contributed by atoms with Crippen LogP contribution in [0.2, 0.25) is 0 Å². The Morgan fingerprint density at radius 2 is 1.52 bits per heavy atom. The molecule has 0 amide bonds. The van der Waals surface area contributed by atoms with Crippen LogP contribution in [-0.2, 0) is 19.1 Å². The van der Waals surface area contributed by atoms with Crippen LogP contribution in [0, 0.1) is 56.2 Å². The molecule has 3 N–H and O–H groups in total. The van der Waals surface area contributed by atoms with Gasteiger partial charge in [-0.05, 0) is 125 Å². The van der Waals surface area contributed by atoms with Crippen molar-refractivity contribution in [1.29, 1.82) is 0 Å². The van der Waals surface area contributed by atoms with E-state index in [4.69, 9.17) is 4.74 Å². The van der Waals surface area contributed by atoms with E-state index in [9.17, 15) is 24.6 Å². The predicted octanol–water partition coefficient (Wildman–Crippen LogP) is 8.66. The molecule has 6 aliphatic rings. The molecule has 0 aromatic rings. The number of hydrogen-bond acceptors (Lipinski definition) is 6. The Bertz CT molecular complexity index is 1420. The second-order valence-electron chi connectivity index (χ2n) is 20.4. The lowest BCUT2D eigenvalue weighted by Crippen LogP contribution is -2.73. The molecule has 3 unspecified atom stereocenters. The number of Topliss-reactive ketones (excluding diaryl/α,β-unsaturated/α-hetero) is 1. The van der Waals surface area contributed by atoms with E-state index in [1.165, 1.54) is 31.3 Å².